The Morgan fingerprint density at radius 2 is 1.53 bits per heavy atom. The second kappa shape index (κ2) is 14.0. The van der Waals surface area contributed by atoms with E-state index in [1.165, 1.54) is 25.7 Å². The van der Waals surface area contributed by atoms with Crippen molar-refractivity contribution >= 4 is 28.9 Å². The molecule has 0 bridgehead atoms. The minimum absolute atomic E-state index is 0.202. The minimum atomic E-state index is -0.286. The number of anilines is 1. The van der Waals surface area contributed by atoms with Crippen LogP contribution in [0, 0.1) is 0 Å². The molecule has 0 spiro atoms. The van der Waals surface area contributed by atoms with Crippen molar-refractivity contribution in [2.75, 3.05) is 11.9 Å². The molecule has 3 rings (SSSR count). The van der Waals surface area contributed by atoms with E-state index in [4.69, 9.17) is 21.7 Å². The van der Waals surface area contributed by atoms with Crippen LogP contribution in [-0.4, -0.2) is 17.6 Å². The Hall–Kier alpha value is -3.38. The molecule has 178 valence electrons. The zero-order valence-corrected chi connectivity index (χ0v) is 20.4. The highest BCUT2D eigenvalue weighted by Gasteiger charge is 2.10. The zero-order valence-electron chi connectivity index (χ0n) is 19.6. The van der Waals surface area contributed by atoms with Crippen LogP contribution < -0.4 is 20.1 Å². The van der Waals surface area contributed by atoms with Gasteiger partial charge in [0.25, 0.3) is 5.91 Å². The van der Waals surface area contributed by atoms with Gasteiger partial charge in [0.2, 0.25) is 0 Å². The molecule has 34 heavy (non-hydrogen) atoms. The molecule has 0 aliphatic rings. The van der Waals surface area contributed by atoms with Crippen LogP contribution in [0.5, 0.6) is 11.5 Å². The molecule has 0 aliphatic carbocycles. The third-order valence-corrected chi connectivity index (χ3v) is 5.44. The quantitative estimate of drug-likeness (QED) is 0.224. The number of hydrogen-bond acceptors (Lipinski definition) is 4. The van der Waals surface area contributed by atoms with E-state index < -0.39 is 0 Å². The lowest BCUT2D eigenvalue weighted by Crippen LogP contribution is -2.34. The standard InChI is InChI=1S/C28H32N2O3S/c1-2-3-4-5-11-20-32-24-18-16-23(17-19-24)27(31)30-28(34)29-25-14-9-10-15-26(25)33-21-22-12-7-6-8-13-22/h6-10,12-19H,2-5,11,20-21H2,1H3,(H2,29,30,31,34). The van der Waals surface area contributed by atoms with Gasteiger partial charge in [-0.1, -0.05) is 75.1 Å². The number of carbonyl (C=O) groups is 1. The highest BCUT2D eigenvalue weighted by Crippen LogP contribution is 2.24. The fourth-order valence-corrected chi connectivity index (χ4v) is 3.56. The van der Waals surface area contributed by atoms with Crippen LogP contribution in [0.3, 0.4) is 0 Å². The second-order valence-corrected chi connectivity index (χ2v) is 8.37. The number of benzene rings is 3. The van der Waals surface area contributed by atoms with Gasteiger partial charge in [0.05, 0.1) is 12.3 Å². The van der Waals surface area contributed by atoms with Crippen LogP contribution in [0.1, 0.15) is 54.9 Å². The maximum absolute atomic E-state index is 12.6. The summed E-state index contributed by atoms with van der Waals surface area (Å²) in [5.74, 6) is 1.13. The van der Waals surface area contributed by atoms with E-state index in [2.05, 4.69) is 17.6 Å². The van der Waals surface area contributed by atoms with Gasteiger partial charge in [0.15, 0.2) is 5.11 Å². The Morgan fingerprint density at radius 1 is 0.824 bits per heavy atom. The monoisotopic (exact) mass is 476 g/mol. The fraction of sp³-hybridized carbons (Fsp3) is 0.286. The van der Waals surface area contributed by atoms with Crippen molar-refractivity contribution in [3.63, 3.8) is 0 Å². The molecule has 3 aromatic rings. The van der Waals surface area contributed by atoms with Crippen molar-refractivity contribution < 1.29 is 14.3 Å². The molecule has 3 aromatic carbocycles. The van der Waals surface area contributed by atoms with Gasteiger partial charge < -0.3 is 14.8 Å². The Kier molecular flexibility index (Phi) is 10.4. The maximum Gasteiger partial charge on any atom is 0.257 e. The summed E-state index contributed by atoms with van der Waals surface area (Å²) in [6.45, 7) is 3.33. The molecule has 0 atom stereocenters. The lowest BCUT2D eigenvalue weighted by molar-refractivity contribution is 0.0977. The summed E-state index contributed by atoms with van der Waals surface area (Å²) in [5, 5.41) is 5.98. The highest BCUT2D eigenvalue weighted by molar-refractivity contribution is 7.80. The molecule has 0 radical (unpaired) electrons. The Bertz CT molecular complexity index is 1040. The number of rotatable bonds is 12. The van der Waals surface area contributed by atoms with Crippen LogP contribution in [0.25, 0.3) is 0 Å². The molecule has 0 saturated carbocycles. The van der Waals surface area contributed by atoms with Gasteiger partial charge >= 0.3 is 0 Å². The van der Waals surface area contributed by atoms with Crippen molar-refractivity contribution in [2.45, 2.75) is 45.6 Å². The maximum atomic E-state index is 12.6. The number of thiocarbonyl (C=S) groups is 1. The van der Waals surface area contributed by atoms with E-state index in [1.807, 2.05) is 66.7 Å². The molecule has 5 nitrogen and oxygen atoms in total. The smallest absolute Gasteiger partial charge is 0.257 e. The van der Waals surface area contributed by atoms with E-state index in [0.717, 1.165) is 17.7 Å². The average Bonchev–Trinajstić information content (AvgIpc) is 2.86. The number of nitrogens with one attached hydrogen (secondary N) is 2. The first-order chi connectivity index (χ1) is 16.7. The second-order valence-electron chi connectivity index (χ2n) is 7.97. The largest absolute Gasteiger partial charge is 0.494 e. The zero-order chi connectivity index (χ0) is 24.0. The molecule has 0 unspecified atom stereocenters. The van der Waals surface area contributed by atoms with Gasteiger partial charge in [-0.05, 0) is 60.6 Å². The van der Waals surface area contributed by atoms with E-state index in [9.17, 15) is 4.79 Å². The Labute approximate surface area is 207 Å². The predicted molar refractivity (Wildman–Crippen MR) is 142 cm³/mol. The van der Waals surface area contributed by atoms with Crippen LogP contribution in [0.15, 0.2) is 78.9 Å². The molecule has 0 aromatic heterocycles. The van der Waals surface area contributed by atoms with Crippen molar-refractivity contribution in [1.29, 1.82) is 0 Å². The van der Waals surface area contributed by atoms with Crippen molar-refractivity contribution in [3.05, 3.63) is 90.0 Å². The third-order valence-electron chi connectivity index (χ3n) is 5.23. The molecular formula is C28H32N2O3S. The first kappa shape index (κ1) is 25.2. The molecule has 0 saturated heterocycles. The summed E-state index contributed by atoms with van der Waals surface area (Å²) < 4.78 is 11.7. The first-order valence-corrected chi connectivity index (χ1v) is 12.2. The Morgan fingerprint density at radius 3 is 2.29 bits per heavy atom. The van der Waals surface area contributed by atoms with Gasteiger partial charge in [0, 0.05) is 5.56 Å². The molecule has 6 heteroatoms. The van der Waals surface area contributed by atoms with Crippen LogP contribution in [0.2, 0.25) is 0 Å². The molecule has 0 aliphatic heterocycles. The predicted octanol–water partition coefficient (Wildman–Crippen LogP) is 6.74. The number of unbranched alkanes of at least 4 members (excludes halogenated alkanes) is 4. The normalized spacial score (nSPS) is 10.4. The molecule has 0 fully saturated rings. The topological polar surface area (TPSA) is 59.6 Å². The SMILES string of the molecule is CCCCCCCOc1ccc(C(=O)NC(=S)Nc2ccccc2OCc2ccccc2)cc1. The van der Waals surface area contributed by atoms with E-state index in [1.54, 1.807) is 12.1 Å². The number of ether oxygens (including phenoxy) is 2. The molecule has 1 amide bonds. The van der Waals surface area contributed by atoms with Crippen molar-refractivity contribution in [2.24, 2.45) is 0 Å². The van der Waals surface area contributed by atoms with Crippen LogP contribution >= 0.6 is 12.2 Å². The van der Waals surface area contributed by atoms with E-state index >= 15 is 0 Å². The first-order valence-electron chi connectivity index (χ1n) is 11.8. The van der Waals surface area contributed by atoms with Gasteiger partial charge in [-0.2, -0.15) is 0 Å². The average molecular weight is 477 g/mol. The lowest BCUT2D eigenvalue weighted by Gasteiger charge is -2.14. The molecular weight excluding hydrogens is 444 g/mol. The highest BCUT2D eigenvalue weighted by atomic mass is 32.1. The summed E-state index contributed by atoms with van der Waals surface area (Å²) in [4.78, 5) is 12.6. The van der Waals surface area contributed by atoms with Crippen molar-refractivity contribution in [3.8, 4) is 11.5 Å². The van der Waals surface area contributed by atoms with E-state index in [-0.39, 0.29) is 11.0 Å². The number of hydrogen-bond donors (Lipinski definition) is 2. The molecule has 2 N–H and O–H groups in total. The van der Waals surface area contributed by atoms with Gasteiger partial charge in [-0.25, -0.2) is 0 Å². The number of amides is 1. The van der Waals surface area contributed by atoms with Gasteiger partial charge in [-0.15, -0.1) is 0 Å². The molecule has 0 heterocycles. The van der Waals surface area contributed by atoms with Crippen molar-refractivity contribution in [1.82, 2.24) is 5.32 Å². The summed E-state index contributed by atoms with van der Waals surface area (Å²) in [6.07, 6.45) is 5.97. The number of carbonyl (C=O) groups excluding carboxylic acids is 1. The number of para-hydroxylation sites is 2. The minimum Gasteiger partial charge on any atom is -0.494 e. The van der Waals surface area contributed by atoms with Gasteiger partial charge in [0.1, 0.15) is 18.1 Å². The summed E-state index contributed by atoms with van der Waals surface area (Å²) in [7, 11) is 0. The summed E-state index contributed by atoms with van der Waals surface area (Å²) in [5.41, 5.74) is 2.26. The summed E-state index contributed by atoms with van der Waals surface area (Å²) in [6, 6.07) is 24.5. The van der Waals surface area contributed by atoms with Crippen LogP contribution in [-0.2, 0) is 6.61 Å². The van der Waals surface area contributed by atoms with Gasteiger partial charge in [-0.3, -0.25) is 10.1 Å². The van der Waals surface area contributed by atoms with Crippen LogP contribution in [0.4, 0.5) is 5.69 Å². The van der Waals surface area contributed by atoms with E-state index in [0.29, 0.717) is 30.2 Å². The fourth-order valence-electron chi connectivity index (χ4n) is 3.36. The summed E-state index contributed by atoms with van der Waals surface area (Å²) >= 11 is 5.35. The lowest BCUT2D eigenvalue weighted by atomic mass is 10.2. The Balaban J connectivity index is 1.47. The third kappa shape index (κ3) is 8.52.